The number of carboxylic acid groups (broad SMARTS) is 1. The van der Waals surface area contributed by atoms with Crippen molar-refractivity contribution >= 4 is 27.5 Å². The number of rotatable bonds is 6. The minimum absolute atomic E-state index is 0. The second kappa shape index (κ2) is 10.0. The van der Waals surface area contributed by atoms with E-state index in [4.69, 9.17) is 0 Å². The number of aromatic carboxylic acids is 1. The zero-order chi connectivity index (χ0) is 22.9. The number of hydrogen-bond donors (Lipinski definition) is 1. The number of aryl methyl sites for hydroxylation is 1. The number of H-pyrrole nitrogens is 1. The molecule has 0 radical (unpaired) electrons. The SMILES string of the molecule is CCc1cc2c(=O)c(C(=O)[O-])cn(Cc3ccc(-c4ccccc4-c4nn[nH]n4)cc3)c2s1.[Na+]. The van der Waals surface area contributed by atoms with E-state index in [0.29, 0.717) is 17.8 Å². The van der Waals surface area contributed by atoms with Crippen molar-refractivity contribution < 1.29 is 39.5 Å². The third-order valence-corrected chi connectivity index (χ3v) is 6.81. The maximum atomic E-state index is 12.6. The number of benzene rings is 2. The monoisotopic (exact) mass is 479 g/mol. The third-order valence-electron chi connectivity index (χ3n) is 5.50. The van der Waals surface area contributed by atoms with Gasteiger partial charge in [-0.1, -0.05) is 55.5 Å². The standard InChI is InChI=1S/C24H19N5O3S.Na/c1-2-16-11-19-21(30)20(24(31)32)13-29(23(19)33-16)12-14-7-9-15(10-8-14)17-5-3-4-6-18(17)22-25-27-28-26-22;/h3-11,13H,2,12H2,1H3,(H,31,32)(H,25,26,27,28);/q;+1/p-1. The van der Waals surface area contributed by atoms with Crippen LogP contribution < -0.4 is 40.1 Å². The molecule has 0 aliphatic heterocycles. The van der Waals surface area contributed by atoms with Gasteiger partial charge in [-0.05, 0) is 34.4 Å². The van der Waals surface area contributed by atoms with Crippen LogP contribution in [0.25, 0.3) is 32.7 Å². The number of nitrogens with one attached hydrogen (secondary N) is 1. The molecule has 3 heterocycles. The summed E-state index contributed by atoms with van der Waals surface area (Å²) in [7, 11) is 0. The molecule has 34 heavy (non-hydrogen) atoms. The number of thiophene rings is 1. The van der Waals surface area contributed by atoms with Crippen molar-refractivity contribution in [3.8, 4) is 22.5 Å². The second-order valence-electron chi connectivity index (χ2n) is 7.55. The molecule has 3 aromatic heterocycles. The minimum atomic E-state index is -1.46. The first kappa shape index (κ1) is 24.0. The van der Waals surface area contributed by atoms with Gasteiger partial charge in [-0.15, -0.1) is 21.5 Å². The van der Waals surface area contributed by atoms with Crippen LogP contribution >= 0.6 is 11.3 Å². The number of nitrogens with zero attached hydrogens (tertiary/aromatic N) is 4. The van der Waals surface area contributed by atoms with Gasteiger partial charge in [0.1, 0.15) is 4.83 Å². The zero-order valence-electron chi connectivity index (χ0n) is 18.6. The molecule has 0 unspecified atom stereocenters. The van der Waals surface area contributed by atoms with Gasteiger partial charge in [-0.25, -0.2) is 0 Å². The maximum Gasteiger partial charge on any atom is 1.00 e. The van der Waals surface area contributed by atoms with E-state index in [-0.39, 0.29) is 35.1 Å². The topological polar surface area (TPSA) is 117 Å². The molecule has 5 aromatic rings. The Hall–Kier alpha value is -3.11. The average molecular weight is 479 g/mol. The second-order valence-corrected chi connectivity index (χ2v) is 8.67. The Labute approximate surface area is 220 Å². The molecule has 2 aromatic carbocycles. The van der Waals surface area contributed by atoms with Crippen LogP contribution in [-0.4, -0.2) is 31.2 Å². The molecule has 1 N–H and O–H groups in total. The molecule has 5 rings (SSSR count). The fourth-order valence-corrected chi connectivity index (χ4v) is 4.92. The minimum Gasteiger partial charge on any atom is -0.545 e. The molecular formula is C24H18N5NaO3S. The molecule has 164 valence electrons. The van der Waals surface area contributed by atoms with Gasteiger partial charge >= 0.3 is 29.6 Å². The Bertz CT molecular complexity index is 1530. The van der Waals surface area contributed by atoms with Gasteiger partial charge in [0, 0.05) is 23.2 Å². The number of aromatic amines is 1. The van der Waals surface area contributed by atoms with Gasteiger partial charge in [0.25, 0.3) is 0 Å². The molecule has 10 heteroatoms. The summed E-state index contributed by atoms with van der Waals surface area (Å²) in [5.74, 6) is -0.946. The predicted molar refractivity (Wildman–Crippen MR) is 124 cm³/mol. The molecule has 0 bridgehead atoms. The third kappa shape index (κ3) is 4.47. The fourth-order valence-electron chi connectivity index (χ4n) is 3.85. The van der Waals surface area contributed by atoms with Crippen molar-refractivity contribution in [1.29, 1.82) is 0 Å². The number of carboxylic acids is 1. The molecule has 0 atom stereocenters. The van der Waals surface area contributed by atoms with Gasteiger partial charge in [0.2, 0.25) is 5.82 Å². The summed E-state index contributed by atoms with van der Waals surface area (Å²) < 4.78 is 1.81. The normalized spacial score (nSPS) is 10.9. The molecule has 0 fully saturated rings. The quantitative estimate of drug-likeness (QED) is 0.340. The summed E-state index contributed by atoms with van der Waals surface area (Å²) in [6.07, 6.45) is 2.16. The van der Waals surface area contributed by atoms with Gasteiger partial charge in [0.05, 0.1) is 16.9 Å². The van der Waals surface area contributed by atoms with Gasteiger partial charge in [0.15, 0.2) is 5.43 Å². The Morgan fingerprint density at radius 1 is 1.12 bits per heavy atom. The van der Waals surface area contributed by atoms with Gasteiger partial charge < -0.3 is 14.5 Å². The number of carbonyl (C=O) groups excluding carboxylic acids is 1. The Balaban J connectivity index is 0.00000274. The van der Waals surface area contributed by atoms with Crippen molar-refractivity contribution in [1.82, 2.24) is 25.2 Å². The molecule has 0 amide bonds. The van der Waals surface area contributed by atoms with Crippen molar-refractivity contribution in [2.75, 3.05) is 0 Å². The molecule has 0 aliphatic carbocycles. The number of tetrazole rings is 1. The number of aromatic nitrogens is 5. The first-order chi connectivity index (χ1) is 16.0. The van der Waals surface area contributed by atoms with Crippen LogP contribution in [0.3, 0.4) is 0 Å². The van der Waals surface area contributed by atoms with E-state index >= 15 is 0 Å². The number of fused-ring (bicyclic) bond motifs is 1. The summed E-state index contributed by atoms with van der Waals surface area (Å²) >= 11 is 1.51. The molecule has 0 spiro atoms. The largest absolute Gasteiger partial charge is 1.00 e. The summed E-state index contributed by atoms with van der Waals surface area (Å²) in [6.45, 7) is 2.43. The Kier molecular flexibility index (Phi) is 7.08. The van der Waals surface area contributed by atoms with Crippen molar-refractivity contribution in [2.24, 2.45) is 0 Å². The van der Waals surface area contributed by atoms with E-state index in [1.54, 1.807) is 6.07 Å². The molecule has 8 nitrogen and oxygen atoms in total. The van der Waals surface area contributed by atoms with E-state index in [2.05, 4.69) is 20.6 Å². The zero-order valence-corrected chi connectivity index (χ0v) is 21.4. The summed E-state index contributed by atoms with van der Waals surface area (Å²) in [5, 5.41) is 26.3. The maximum absolute atomic E-state index is 12.6. The van der Waals surface area contributed by atoms with Crippen molar-refractivity contribution in [2.45, 2.75) is 19.9 Å². The van der Waals surface area contributed by atoms with Gasteiger partial charge in [-0.2, -0.15) is 5.21 Å². The number of pyridine rings is 1. The predicted octanol–water partition coefficient (Wildman–Crippen LogP) is -0.112. The Morgan fingerprint density at radius 3 is 2.50 bits per heavy atom. The van der Waals surface area contributed by atoms with Crippen LogP contribution in [0.5, 0.6) is 0 Å². The van der Waals surface area contributed by atoms with Crippen LogP contribution in [-0.2, 0) is 13.0 Å². The van der Waals surface area contributed by atoms with E-state index < -0.39 is 11.4 Å². The van der Waals surface area contributed by atoms with Crippen LogP contribution in [0.2, 0.25) is 0 Å². The van der Waals surface area contributed by atoms with E-state index in [0.717, 1.165) is 38.4 Å². The van der Waals surface area contributed by atoms with Crippen molar-refractivity contribution in [3.63, 3.8) is 0 Å². The molecule has 0 saturated carbocycles. The first-order valence-electron chi connectivity index (χ1n) is 10.3. The van der Waals surface area contributed by atoms with Crippen LogP contribution in [0, 0.1) is 0 Å². The Morgan fingerprint density at radius 2 is 1.85 bits per heavy atom. The average Bonchev–Trinajstić information content (AvgIpc) is 3.52. The summed E-state index contributed by atoms with van der Waals surface area (Å²) in [6, 6.07) is 17.6. The van der Waals surface area contributed by atoms with E-state index in [1.807, 2.05) is 60.0 Å². The molecule has 0 saturated heterocycles. The van der Waals surface area contributed by atoms with E-state index in [9.17, 15) is 14.7 Å². The smallest absolute Gasteiger partial charge is 0.545 e. The summed E-state index contributed by atoms with van der Waals surface area (Å²) in [5.41, 5.74) is 2.98. The van der Waals surface area contributed by atoms with Crippen LogP contribution in [0.1, 0.15) is 27.7 Å². The number of hydrogen-bond acceptors (Lipinski definition) is 7. The fraction of sp³-hybridized carbons (Fsp3) is 0.125. The molecular weight excluding hydrogens is 461 g/mol. The van der Waals surface area contributed by atoms with Gasteiger partial charge in [-0.3, -0.25) is 4.79 Å². The number of carbonyl (C=O) groups is 1. The van der Waals surface area contributed by atoms with E-state index in [1.165, 1.54) is 17.5 Å². The van der Waals surface area contributed by atoms with Crippen LogP contribution in [0.4, 0.5) is 0 Å². The van der Waals surface area contributed by atoms with Crippen LogP contribution in [0.15, 0.2) is 65.6 Å². The molecule has 0 aliphatic rings. The van der Waals surface area contributed by atoms with Crippen molar-refractivity contribution in [3.05, 3.63) is 87.0 Å². The summed E-state index contributed by atoms with van der Waals surface area (Å²) in [4.78, 5) is 25.9. The first-order valence-corrected chi connectivity index (χ1v) is 11.2.